The first kappa shape index (κ1) is 22.3. The number of aliphatic hydroxyl groups excluding tert-OH is 1. The summed E-state index contributed by atoms with van der Waals surface area (Å²) in [5.41, 5.74) is 7.14. The van der Waals surface area contributed by atoms with Crippen LogP contribution in [0.5, 0.6) is 0 Å². The largest absolute Gasteiger partial charge is 0.593 e. The van der Waals surface area contributed by atoms with E-state index in [1.807, 2.05) is 44.2 Å². The number of aliphatic hydroxyl groups is 1. The van der Waals surface area contributed by atoms with Crippen molar-refractivity contribution in [2.75, 3.05) is 13.1 Å². The van der Waals surface area contributed by atoms with Gasteiger partial charge in [0.1, 0.15) is 0 Å². The van der Waals surface area contributed by atoms with Crippen LogP contribution in [0.3, 0.4) is 0 Å². The highest BCUT2D eigenvalue weighted by Crippen LogP contribution is 2.21. The molecule has 8 heteroatoms. The fourth-order valence-corrected chi connectivity index (χ4v) is 4.21. The first-order chi connectivity index (χ1) is 13.3. The molecule has 0 aliphatic carbocycles. The molecule has 3 atom stereocenters. The van der Waals surface area contributed by atoms with Crippen molar-refractivity contribution in [2.24, 2.45) is 11.7 Å². The molecule has 0 saturated carbocycles. The number of nitro groups is 1. The molecule has 7 nitrogen and oxygen atoms in total. The van der Waals surface area contributed by atoms with Gasteiger partial charge >= 0.3 is 0 Å². The van der Waals surface area contributed by atoms with Gasteiger partial charge in [-0.2, -0.15) is 0 Å². The molecule has 0 aromatic heterocycles. The smallest absolute Gasteiger partial charge is 0.269 e. The Balaban J connectivity index is 2.07. The number of benzene rings is 2. The topological polar surface area (TPSA) is 116 Å². The van der Waals surface area contributed by atoms with Gasteiger partial charge in [0.05, 0.1) is 28.9 Å². The quantitative estimate of drug-likeness (QED) is 0.356. The highest BCUT2D eigenvalue weighted by atomic mass is 32.2. The summed E-state index contributed by atoms with van der Waals surface area (Å²) in [6.45, 7) is 4.64. The van der Waals surface area contributed by atoms with Gasteiger partial charge in [-0.3, -0.25) is 10.1 Å². The Labute approximate surface area is 168 Å². The van der Waals surface area contributed by atoms with Gasteiger partial charge in [0.2, 0.25) is 0 Å². The number of rotatable bonds is 10. The number of nitrogens with zero attached hydrogens (tertiary/aromatic N) is 2. The third-order valence-corrected chi connectivity index (χ3v) is 5.69. The van der Waals surface area contributed by atoms with Crippen molar-refractivity contribution in [2.45, 2.75) is 37.3 Å². The van der Waals surface area contributed by atoms with Gasteiger partial charge in [0.15, 0.2) is 4.90 Å². The molecule has 0 bridgehead atoms. The van der Waals surface area contributed by atoms with Gasteiger partial charge in [-0.1, -0.05) is 44.2 Å². The van der Waals surface area contributed by atoms with E-state index in [1.165, 1.54) is 24.3 Å². The summed E-state index contributed by atoms with van der Waals surface area (Å²) in [6, 6.07) is 14.8. The average Bonchev–Trinajstić information content (AvgIpc) is 2.67. The lowest BCUT2D eigenvalue weighted by Crippen LogP contribution is -2.47. The van der Waals surface area contributed by atoms with Crippen molar-refractivity contribution in [3.05, 3.63) is 70.3 Å². The van der Waals surface area contributed by atoms with E-state index in [-0.39, 0.29) is 18.2 Å². The molecule has 0 spiro atoms. The third-order valence-electron chi connectivity index (χ3n) is 4.25. The Morgan fingerprint density at radius 1 is 1.11 bits per heavy atom. The molecular formula is C20H27N3O4S. The van der Waals surface area contributed by atoms with Crippen molar-refractivity contribution in [3.63, 3.8) is 0 Å². The molecular weight excluding hydrogens is 378 g/mol. The predicted molar refractivity (Wildman–Crippen MR) is 110 cm³/mol. The van der Waals surface area contributed by atoms with Crippen LogP contribution in [0.1, 0.15) is 19.4 Å². The summed E-state index contributed by atoms with van der Waals surface area (Å²) in [5.74, 6) is 0.222. The second-order valence-corrected chi connectivity index (χ2v) is 8.65. The van der Waals surface area contributed by atoms with Gasteiger partial charge in [0, 0.05) is 36.9 Å². The minimum absolute atomic E-state index is 0.0546. The molecule has 0 amide bonds. The van der Waals surface area contributed by atoms with Crippen LogP contribution in [0.15, 0.2) is 59.5 Å². The second kappa shape index (κ2) is 10.5. The van der Waals surface area contributed by atoms with Crippen LogP contribution in [0, 0.1) is 16.0 Å². The maximum absolute atomic E-state index is 13.0. The first-order valence-corrected chi connectivity index (χ1v) is 10.3. The van der Waals surface area contributed by atoms with Crippen LogP contribution in [0.4, 0.5) is 5.69 Å². The Morgan fingerprint density at radius 3 is 2.25 bits per heavy atom. The minimum Gasteiger partial charge on any atom is -0.593 e. The van der Waals surface area contributed by atoms with E-state index in [9.17, 15) is 19.8 Å². The van der Waals surface area contributed by atoms with Gasteiger partial charge in [0.25, 0.3) is 5.69 Å². The molecule has 0 fully saturated rings. The Hall–Kier alpha value is -1.97. The van der Waals surface area contributed by atoms with Crippen LogP contribution in [0.25, 0.3) is 0 Å². The standard InChI is InChI=1S/C20H27N3O4S/c1-15(2)13-22(28(27)18-10-8-17(9-11-18)23(25)26)14-20(24)19(21)12-16-6-4-3-5-7-16/h3-11,15,19-20,24H,12-14,21H2,1-2H3/t19-,20+,28?/m0/s1. The zero-order chi connectivity index (χ0) is 20.7. The summed E-state index contributed by atoms with van der Waals surface area (Å²) in [6.07, 6.45) is -0.345. The zero-order valence-electron chi connectivity index (χ0n) is 16.1. The van der Waals surface area contributed by atoms with Gasteiger partial charge < -0.3 is 15.4 Å². The predicted octanol–water partition coefficient (Wildman–Crippen LogP) is 2.51. The molecule has 0 heterocycles. The van der Waals surface area contributed by atoms with Gasteiger partial charge in [-0.05, 0) is 17.9 Å². The highest BCUT2D eigenvalue weighted by molar-refractivity contribution is 7.89. The fourth-order valence-electron chi connectivity index (χ4n) is 2.82. The molecule has 2 aromatic rings. The van der Waals surface area contributed by atoms with Crippen molar-refractivity contribution in [1.29, 1.82) is 0 Å². The number of hydrogen-bond donors (Lipinski definition) is 2. The number of hydrogen-bond acceptors (Lipinski definition) is 6. The summed E-state index contributed by atoms with van der Waals surface area (Å²) in [4.78, 5) is 10.8. The van der Waals surface area contributed by atoms with E-state index < -0.39 is 28.4 Å². The highest BCUT2D eigenvalue weighted by Gasteiger charge is 2.29. The Kier molecular flexibility index (Phi) is 8.40. The lowest BCUT2D eigenvalue weighted by Gasteiger charge is -2.29. The van der Waals surface area contributed by atoms with E-state index in [1.54, 1.807) is 4.31 Å². The first-order valence-electron chi connectivity index (χ1n) is 9.16. The van der Waals surface area contributed by atoms with E-state index >= 15 is 0 Å². The molecule has 0 radical (unpaired) electrons. The molecule has 28 heavy (non-hydrogen) atoms. The van der Waals surface area contributed by atoms with Gasteiger partial charge in [-0.25, -0.2) is 0 Å². The van der Waals surface area contributed by atoms with Crippen LogP contribution in [-0.4, -0.2) is 44.1 Å². The van der Waals surface area contributed by atoms with Crippen LogP contribution < -0.4 is 5.73 Å². The van der Waals surface area contributed by atoms with Crippen molar-refractivity contribution < 1.29 is 14.6 Å². The number of nitrogens with two attached hydrogens (primary N) is 1. The summed E-state index contributed by atoms with van der Waals surface area (Å²) < 4.78 is 14.7. The number of nitro benzene ring substituents is 1. The maximum Gasteiger partial charge on any atom is 0.269 e. The summed E-state index contributed by atoms with van der Waals surface area (Å²) in [7, 11) is 0. The van der Waals surface area contributed by atoms with Crippen molar-refractivity contribution in [1.82, 2.24) is 4.31 Å². The number of non-ortho nitro benzene ring substituents is 1. The van der Waals surface area contributed by atoms with E-state index in [0.717, 1.165) is 5.56 Å². The maximum atomic E-state index is 13.0. The third kappa shape index (κ3) is 6.57. The molecule has 3 N–H and O–H groups in total. The molecule has 0 aliphatic heterocycles. The fraction of sp³-hybridized carbons (Fsp3) is 0.400. The summed E-state index contributed by atoms with van der Waals surface area (Å²) in [5, 5.41) is 21.4. The molecule has 0 saturated heterocycles. The minimum atomic E-state index is -1.55. The lowest BCUT2D eigenvalue weighted by atomic mass is 10.0. The van der Waals surface area contributed by atoms with E-state index in [4.69, 9.17) is 5.73 Å². The van der Waals surface area contributed by atoms with E-state index in [0.29, 0.717) is 17.9 Å². The Morgan fingerprint density at radius 2 is 1.71 bits per heavy atom. The van der Waals surface area contributed by atoms with Crippen LogP contribution in [-0.2, 0) is 17.8 Å². The summed E-state index contributed by atoms with van der Waals surface area (Å²) >= 11 is -1.55. The normalized spacial score (nSPS) is 14.8. The van der Waals surface area contributed by atoms with Crippen molar-refractivity contribution in [3.8, 4) is 0 Å². The molecule has 0 aliphatic rings. The van der Waals surface area contributed by atoms with Crippen molar-refractivity contribution >= 4 is 17.0 Å². The van der Waals surface area contributed by atoms with E-state index in [2.05, 4.69) is 0 Å². The van der Waals surface area contributed by atoms with Crippen LogP contribution in [0.2, 0.25) is 0 Å². The molecule has 2 aromatic carbocycles. The lowest BCUT2D eigenvalue weighted by molar-refractivity contribution is -0.384. The molecule has 2 rings (SSSR count). The van der Waals surface area contributed by atoms with Gasteiger partial charge in [-0.15, -0.1) is 4.31 Å². The zero-order valence-corrected chi connectivity index (χ0v) is 16.9. The molecule has 1 unspecified atom stereocenters. The Bertz CT molecular complexity index is 743. The second-order valence-electron chi connectivity index (χ2n) is 7.16. The van der Waals surface area contributed by atoms with Crippen LogP contribution >= 0.6 is 0 Å². The SMILES string of the molecule is CC(C)CN(C[C@@H](O)[C@@H](N)Cc1ccccc1)[S+]([O-])c1ccc([N+](=O)[O-])cc1. The average molecular weight is 406 g/mol. The monoisotopic (exact) mass is 405 g/mol. The molecule has 152 valence electrons.